The lowest BCUT2D eigenvalue weighted by molar-refractivity contribution is -0.176. The number of esters is 2. The van der Waals surface area contributed by atoms with E-state index in [0.717, 1.165) is 6.42 Å². The van der Waals surface area contributed by atoms with Gasteiger partial charge in [0.2, 0.25) is 0 Å². The summed E-state index contributed by atoms with van der Waals surface area (Å²) in [5.74, 6) is -0.895. The number of aliphatic hydroxyl groups is 1. The van der Waals surface area contributed by atoms with Crippen molar-refractivity contribution in [2.75, 3.05) is 0 Å². The zero-order valence-electron chi connectivity index (χ0n) is 11.1. The molecule has 5 atom stereocenters. The van der Waals surface area contributed by atoms with Crippen LogP contribution in [-0.4, -0.2) is 39.9 Å². The highest BCUT2D eigenvalue weighted by Gasteiger charge is 2.46. The molecule has 1 unspecified atom stereocenters. The molecule has 0 saturated carbocycles. The Morgan fingerprint density at radius 2 is 1.67 bits per heavy atom. The van der Waals surface area contributed by atoms with Crippen LogP contribution in [0.4, 0.5) is 0 Å². The van der Waals surface area contributed by atoms with Crippen LogP contribution in [0.1, 0.15) is 34.1 Å². The highest BCUT2D eigenvalue weighted by molar-refractivity contribution is 8.00. The van der Waals surface area contributed by atoms with Crippen LogP contribution < -0.4 is 0 Å². The van der Waals surface area contributed by atoms with Gasteiger partial charge in [0.05, 0.1) is 0 Å². The van der Waals surface area contributed by atoms with Crippen LogP contribution in [0.3, 0.4) is 0 Å². The van der Waals surface area contributed by atoms with Crippen molar-refractivity contribution in [3.8, 4) is 0 Å². The molecular formula is C12H20O5S. The summed E-state index contributed by atoms with van der Waals surface area (Å²) < 4.78 is 10.3. The summed E-state index contributed by atoms with van der Waals surface area (Å²) in [5.41, 5.74) is -0.862. The molecule has 5 nitrogen and oxygen atoms in total. The number of hydrogen-bond donors (Lipinski definition) is 1. The van der Waals surface area contributed by atoms with Gasteiger partial charge in [-0.1, -0.05) is 13.8 Å². The minimum atomic E-state index is -0.862. The summed E-state index contributed by atoms with van der Waals surface area (Å²) in [4.78, 5) is 22.2. The van der Waals surface area contributed by atoms with E-state index in [1.807, 2.05) is 13.8 Å². The van der Waals surface area contributed by atoms with Crippen molar-refractivity contribution in [2.24, 2.45) is 5.92 Å². The van der Waals surface area contributed by atoms with Crippen LogP contribution >= 0.6 is 11.8 Å². The molecule has 1 N–H and O–H groups in total. The summed E-state index contributed by atoms with van der Waals surface area (Å²) in [5, 5.41) is 10.2. The second-order valence-electron chi connectivity index (χ2n) is 4.48. The molecule has 6 heteroatoms. The third-order valence-electron chi connectivity index (χ3n) is 3.03. The van der Waals surface area contributed by atoms with Crippen LogP contribution in [0, 0.1) is 5.92 Å². The van der Waals surface area contributed by atoms with Crippen molar-refractivity contribution in [3.63, 3.8) is 0 Å². The van der Waals surface area contributed by atoms with E-state index >= 15 is 0 Å². The highest BCUT2D eigenvalue weighted by Crippen LogP contribution is 2.39. The summed E-state index contributed by atoms with van der Waals surface area (Å²) in [6.07, 6.45) is -0.533. The van der Waals surface area contributed by atoms with Gasteiger partial charge in [-0.2, -0.15) is 0 Å². The average molecular weight is 276 g/mol. The van der Waals surface area contributed by atoms with Crippen molar-refractivity contribution in [1.29, 1.82) is 0 Å². The maximum Gasteiger partial charge on any atom is 0.303 e. The first-order valence-electron chi connectivity index (χ1n) is 6.04. The molecular weight excluding hydrogens is 256 g/mol. The second-order valence-corrected chi connectivity index (χ2v) is 5.84. The first kappa shape index (κ1) is 15.3. The van der Waals surface area contributed by atoms with Gasteiger partial charge in [-0.15, -0.1) is 11.8 Å². The number of carbonyl (C=O) groups excluding carboxylic acids is 2. The van der Waals surface area contributed by atoms with E-state index in [9.17, 15) is 14.7 Å². The van der Waals surface area contributed by atoms with Crippen LogP contribution in [0.25, 0.3) is 0 Å². The van der Waals surface area contributed by atoms with E-state index in [1.54, 1.807) is 0 Å². The Labute approximate surface area is 111 Å². The topological polar surface area (TPSA) is 72.8 Å². The standard InChI is InChI=1S/C12H20O5S/c1-5-9-6(2)10(16-7(3)13)11(12(15)18-9)17-8(4)14/h6,9-12,15H,5H2,1-4H3/t6-,9-,10+,11-,12?/m1/s1. The predicted molar refractivity (Wildman–Crippen MR) is 67.9 cm³/mol. The van der Waals surface area contributed by atoms with Gasteiger partial charge < -0.3 is 14.6 Å². The smallest absolute Gasteiger partial charge is 0.303 e. The predicted octanol–water partition coefficient (Wildman–Crippen LogP) is 1.33. The fraction of sp³-hybridized carbons (Fsp3) is 0.833. The third-order valence-corrected chi connectivity index (χ3v) is 4.69. The monoisotopic (exact) mass is 276 g/mol. The number of ether oxygens (including phenoxy) is 2. The molecule has 0 aliphatic carbocycles. The van der Waals surface area contributed by atoms with Crippen LogP contribution in [0.15, 0.2) is 0 Å². The maximum atomic E-state index is 11.1. The van der Waals surface area contributed by atoms with Crippen molar-refractivity contribution in [2.45, 2.75) is 57.0 Å². The number of carbonyl (C=O) groups is 2. The van der Waals surface area contributed by atoms with Gasteiger partial charge in [0.1, 0.15) is 11.5 Å². The van der Waals surface area contributed by atoms with Crippen molar-refractivity contribution < 1.29 is 24.2 Å². The Balaban J connectivity index is 2.89. The van der Waals surface area contributed by atoms with Crippen molar-refractivity contribution in [3.05, 3.63) is 0 Å². The van der Waals surface area contributed by atoms with Gasteiger partial charge in [0.15, 0.2) is 6.10 Å². The summed E-state index contributed by atoms with van der Waals surface area (Å²) >= 11 is 1.36. The van der Waals surface area contributed by atoms with E-state index in [2.05, 4.69) is 0 Å². The average Bonchev–Trinajstić information content (AvgIpc) is 2.27. The highest BCUT2D eigenvalue weighted by atomic mass is 32.2. The molecule has 0 spiro atoms. The Morgan fingerprint density at radius 1 is 1.17 bits per heavy atom. The van der Waals surface area contributed by atoms with E-state index < -0.39 is 29.6 Å². The number of rotatable bonds is 3. The first-order chi connectivity index (χ1) is 8.36. The largest absolute Gasteiger partial charge is 0.458 e. The van der Waals surface area contributed by atoms with Crippen LogP contribution in [0.2, 0.25) is 0 Å². The van der Waals surface area contributed by atoms with Gasteiger partial charge in [-0.25, -0.2) is 0 Å². The molecule has 1 saturated heterocycles. The van der Waals surface area contributed by atoms with E-state index in [4.69, 9.17) is 9.47 Å². The number of hydrogen-bond acceptors (Lipinski definition) is 6. The molecule has 0 aromatic heterocycles. The van der Waals surface area contributed by atoms with Gasteiger partial charge in [-0.3, -0.25) is 9.59 Å². The van der Waals surface area contributed by atoms with E-state index in [1.165, 1.54) is 25.6 Å². The molecule has 1 aliphatic heterocycles. The van der Waals surface area contributed by atoms with E-state index in [-0.39, 0.29) is 11.2 Å². The van der Waals surface area contributed by atoms with Crippen molar-refractivity contribution >= 4 is 23.7 Å². The quantitative estimate of drug-likeness (QED) is 0.784. The molecule has 1 aliphatic rings. The second kappa shape index (κ2) is 6.43. The maximum absolute atomic E-state index is 11.1. The summed E-state index contributed by atoms with van der Waals surface area (Å²) in [7, 11) is 0. The minimum absolute atomic E-state index is 0.0247. The number of aliphatic hydroxyl groups excluding tert-OH is 1. The first-order valence-corrected chi connectivity index (χ1v) is 6.99. The Hall–Kier alpha value is -0.750. The SMILES string of the molecule is CC[C@H]1SC(O)[C@H](OC(C)=O)[C@@H](OC(C)=O)[C@@H]1C. The zero-order chi connectivity index (χ0) is 13.9. The van der Waals surface area contributed by atoms with Crippen molar-refractivity contribution in [1.82, 2.24) is 0 Å². The lowest BCUT2D eigenvalue weighted by atomic mass is 9.93. The molecule has 1 rings (SSSR count). The van der Waals surface area contributed by atoms with Crippen LogP contribution in [-0.2, 0) is 19.1 Å². The van der Waals surface area contributed by atoms with Gasteiger partial charge >= 0.3 is 11.9 Å². The number of thioether (sulfide) groups is 1. The lowest BCUT2D eigenvalue weighted by Crippen LogP contribution is -2.52. The Morgan fingerprint density at radius 3 is 2.11 bits per heavy atom. The molecule has 104 valence electrons. The Bertz CT molecular complexity index is 320. The normalized spacial score (nSPS) is 35.9. The molecule has 0 aromatic rings. The molecule has 18 heavy (non-hydrogen) atoms. The molecule has 1 fully saturated rings. The molecule has 0 amide bonds. The fourth-order valence-electron chi connectivity index (χ4n) is 2.20. The molecule has 1 heterocycles. The van der Waals surface area contributed by atoms with Gasteiger partial charge in [0, 0.05) is 25.0 Å². The van der Waals surface area contributed by atoms with Gasteiger partial charge in [-0.05, 0) is 6.42 Å². The van der Waals surface area contributed by atoms with Crippen LogP contribution in [0.5, 0.6) is 0 Å². The summed E-state index contributed by atoms with van der Waals surface area (Å²) in [6.45, 7) is 6.54. The Kier molecular flexibility index (Phi) is 5.47. The zero-order valence-corrected chi connectivity index (χ0v) is 11.9. The summed E-state index contributed by atoms with van der Waals surface area (Å²) in [6, 6.07) is 0. The third kappa shape index (κ3) is 3.62. The van der Waals surface area contributed by atoms with E-state index in [0.29, 0.717) is 0 Å². The fourth-order valence-corrected chi connectivity index (χ4v) is 3.52. The molecule has 0 bridgehead atoms. The minimum Gasteiger partial charge on any atom is -0.458 e. The molecule has 0 radical (unpaired) electrons. The lowest BCUT2D eigenvalue weighted by Gasteiger charge is -2.41. The molecule has 0 aromatic carbocycles. The van der Waals surface area contributed by atoms with Gasteiger partial charge in [0.25, 0.3) is 0 Å².